The lowest BCUT2D eigenvalue weighted by Crippen LogP contribution is -2.67. The topological polar surface area (TPSA) is 58.6 Å². The van der Waals surface area contributed by atoms with Gasteiger partial charge in [0.15, 0.2) is 0 Å². The predicted octanol–water partition coefficient (Wildman–Crippen LogP) is 1.98. The average Bonchev–Trinajstić information content (AvgIpc) is 2.38. The highest BCUT2D eigenvalue weighted by Crippen LogP contribution is 2.32. The summed E-state index contributed by atoms with van der Waals surface area (Å²) >= 11 is 5.99. The number of ether oxygens (including phenoxy) is 1. The van der Waals surface area contributed by atoms with Crippen LogP contribution in [0, 0.1) is 0 Å². The van der Waals surface area contributed by atoms with Crippen LogP contribution in [0.4, 0.5) is 5.69 Å². The largest absolute Gasteiger partial charge is 0.495 e. The fourth-order valence-corrected chi connectivity index (χ4v) is 2.39. The van der Waals surface area contributed by atoms with E-state index in [0.29, 0.717) is 16.5 Å². The lowest BCUT2D eigenvalue weighted by Gasteiger charge is -2.41. The van der Waals surface area contributed by atoms with Gasteiger partial charge < -0.3 is 10.1 Å². The van der Waals surface area contributed by atoms with Gasteiger partial charge in [-0.05, 0) is 32.9 Å². The molecule has 1 aliphatic rings. The lowest BCUT2D eigenvalue weighted by atomic mass is 9.96. The number of benzene rings is 1. The molecule has 0 bridgehead atoms. The van der Waals surface area contributed by atoms with Gasteiger partial charge in [0.05, 0.1) is 12.1 Å². The summed E-state index contributed by atoms with van der Waals surface area (Å²) in [5, 5.41) is 3.16. The van der Waals surface area contributed by atoms with Gasteiger partial charge in [0, 0.05) is 11.8 Å². The molecule has 6 heteroatoms. The molecule has 2 rings (SSSR count). The molecule has 1 unspecified atom stereocenters. The fraction of sp³-hybridized carbons (Fsp3) is 0.429. The Labute approximate surface area is 122 Å². The van der Waals surface area contributed by atoms with E-state index in [1.165, 1.54) is 12.0 Å². The van der Waals surface area contributed by atoms with Crippen LogP contribution in [0.1, 0.15) is 20.8 Å². The number of hydrogen-bond acceptors (Lipinski definition) is 3. The summed E-state index contributed by atoms with van der Waals surface area (Å²) < 4.78 is 5.16. The minimum atomic E-state index is -0.934. The van der Waals surface area contributed by atoms with Gasteiger partial charge in [-0.1, -0.05) is 11.6 Å². The van der Waals surface area contributed by atoms with E-state index in [2.05, 4.69) is 5.32 Å². The number of hydrogen-bond donors (Lipinski definition) is 1. The SMILES string of the molecule is COc1cc(N2C(=O)C(C)(C)NC(=O)C2C)ccc1Cl. The zero-order valence-corrected chi connectivity index (χ0v) is 12.6. The van der Waals surface area contributed by atoms with Crippen molar-refractivity contribution in [3.63, 3.8) is 0 Å². The third-order valence-corrected chi connectivity index (χ3v) is 3.68. The van der Waals surface area contributed by atoms with Gasteiger partial charge in [-0.3, -0.25) is 14.5 Å². The molecular weight excluding hydrogens is 280 g/mol. The summed E-state index contributed by atoms with van der Waals surface area (Å²) in [6.07, 6.45) is 0. The van der Waals surface area contributed by atoms with E-state index in [4.69, 9.17) is 16.3 Å². The van der Waals surface area contributed by atoms with Crippen LogP contribution in [0.2, 0.25) is 5.02 Å². The Balaban J connectivity index is 2.48. The van der Waals surface area contributed by atoms with Crippen LogP contribution in [0.15, 0.2) is 18.2 Å². The molecule has 108 valence electrons. The Morgan fingerprint density at radius 1 is 1.35 bits per heavy atom. The molecule has 0 aliphatic carbocycles. The van der Waals surface area contributed by atoms with Crippen molar-refractivity contribution in [3.8, 4) is 5.75 Å². The number of piperazine rings is 1. The predicted molar refractivity (Wildman–Crippen MR) is 77.2 cm³/mol. The number of nitrogens with zero attached hydrogens (tertiary/aromatic N) is 1. The number of anilines is 1. The normalized spacial score (nSPS) is 21.6. The molecule has 20 heavy (non-hydrogen) atoms. The zero-order valence-electron chi connectivity index (χ0n) is 11.9. The maximum atomic E-state index is 12.5. The van der Waals surface area contributed by atoms with Crippen molar-refractivity contribution in [3.05, 3.63) is 23.2 Å². The molecule has 1 fully saturated rings. The van der Waals surface area contributed by atoms with Gasteiger partial charge in [0.2, 0.25) is 5.91 Å². The quantitative estimate of drug-likeness (QED) is 0.908. The van der Waals surface area contributed by atoms with Crippen molar-refractivity contribution in [1.29, 1.82) is 0 Å². The zero-order chi connectivity index (χ0) is 15.1. The molecule has 1 aromatic rings. The summed E-state index contributed by atoms with van der Waals surface area (Å²) in [4.78, 5) is 26.0. The van der Waals surface area contributed by atoms with Crippen molar-refractivity contribution >= 4 is 29.1 Å². The van der Waals surface area contributed by atoms with E-state index in [1.807, 2.05) is 0 Å². The molecule has 1 aromatic carbocycles. The lowest BCUT2D eigenvalue weighted by molar-refractivity contribution is -0.136. The minimum absolute atomic E-state index is 0.172. The van der Waals surface area contributed by atoms with Crippen LogP contribution in [-0.2, 0) is 9.59 Å². The van der Waals surface area contributed by atoms with E-state index >= 15 is 0 Å². The van der Waals surface area contributed by atoms with E-state index < -0.39 is 11.6 Å². The first kappa shape index (κ1) is 14.7. The van der Waals surface area contributed by atoms with E-state index in [1.54, 1.807) is 39.0 Å². The molecule has 1 N–H and O–H groups in total. The Morgan fingerprint density at radius 3 is 2.60 bits per heavy atom. The maximum Gasteiger partial charge on any atom is 0.252 e. The van der Waals surface area contributed by atoms with Crippen molar-refractivity contribution < 1.29 is 14.3 Å². The van der Waals surface area contributed by atoms with Crippen LogP contribution in [-0.4, -0.2) is 30.5 Å². The third kappa shape index (κ3) is 2.33. The summed E-state index contributed by atoms with van der Waals surface area (Å²) in [5.74, 6) is 0.102. The van der Waals surface area contributed by atoms with Crippen molar-refractivity contribution in [2.75, 3.05) is 12.0 Å². The smallest absolute Gasteiger partial charge is 0.252 e. The van der Waals surface area contributed by atoms with Crippen LogP contribution in [0.25, 0.3) is 0 Å². The number of carbonyl (C=O) groups excluding carboxylic acids is 2. The van der Waals surface area contributed by atoms with Gasteiger partial charge in [-0.15, -0.1) is 0 Å². The minimum Gasteiger partial charge on any atom is -0.495 e. The molecule has 0 saturated carbocycles. The number of halogens is 1. The van der Waals surface area contributed by atoms with Crippen LogP contribution < -0.4 is 15.0 Å². The first-order valence-corrected chi connectivity index (χ1v) is 6.65. The van der Waals surface area contributed by atoms with Gasteiger partial charge in [-0.25, -0.2) is 0 Å². The first-order valence-electron chi connectivity index (χ1n) is 6.27. The van der Waals surface area contributed by atoms with Crippen molar-refractivity contribution in [1.82, 2.24) is 5.32 Å². The molecule has 1 aliphatic heterocycles. The van der Waals surface area contributed by atoms with Gasteiger partial charge in [0.25, 0.3) is 5.91 Å². The van der Waals surface area contributed by atoms with E-state index in [0.717, 1.165) is 0 Å². The Kier molecular flexibility index (Phi) is 3.65. The van der Waals surface area contributed by atoms with Crippen LogP contribution >= 0.6 is 11.6 Å². The molecule has 0 spiro atoms. The number of carbonyl (C=O) groups is 2. The highest BCUT2D eigenvalue weighted by atomic mass is 35.5. The summed E-state index contributed by atoms with van der Waals surface area (Å²) in [6.45, 7) is 5.04. The Bertz CT molecular complexity index is 572. The number of methoxy groups -OCH3 is 1. The number of nitrogens with one attached hydrogen (secondary N) is 1. The highest BCUT2D eigenvalue weighted by Gasteiger charge is 2.44. The second-order valence-corrected chi connectivity index (χ2v) is 5.69. The average molecular weight is 297 g/mol. The van der Waals surface area contributed by atoms with Gasteiger partial charge >= 0.3 is 0 Å². The standard InChI is InChI=1S/C14H17ClN2O3/c1-8-12(18)16-14(2,3)13(19)17(8)9-5-6-10(15)11(7-9)20-4/h5-8H,1-4H3,(H,16,18). The second kappa shape index (κ2) is 4.98. The third-order valence-electron chi connectivity index (χ3n) is 3.37. The molecule has 1 heterocycles. The molecule has 5 nitrogen and oxygen atoms in total. The monoisotopic (exact) mass is 296 g/mol. The summed E-state index contributed by atoms with van der Waals surface area (Å²) in [7, 11) is 1.50. The summed E-state index contributed by atoms with van der Waals surface area (Å²) in [6, 6.07) is 4.43. The molecule has 2 amide bonds. The molecule has 0 aromatic heterocycles. The van der Waals surface area contributed by atoms with Crippen molar-refractivity contribution in [2.24, 2.45) is 0 Å². The fourth-order valence-electron chi connectivity index (χ4n) is 2.20. The number of rotatable bonds is 2. The molecular formula is C14H17ClN2O3. The second-order valence-electron chi connectivity index (χ2n) is 5.28. The Hall–Kier alpha value is -1.75. The summed E-state index contributed by atoms with van der Waals surface area (Å²) in [5.41, 5.74) is -0.345. The Morgan fingerprint density at radius 2 is 2.00 bits per heavy atom. The molecule has 1 atom stereocenters. The first-order chi connectivity index (χ1) is 9.27. The van der Waals surface area contributed by atoms with E-state index in [9.17, 15) is 9.59 Å². The van der Waals surface area contributed by atoms with Gasteiger partial charge in [-0.2, -0.15) is 0 Å². The maximum absolute atomic E-state index is 12.5. The van der Waals surface area contributed by atoms with Gasteiger partial charge in [0.1, 0.15) is 17.3 Å². The van der Waals surface area contributed by atoms with Crippen LogP contribution in [0.5, 0.6) is 5.75 Å². The van der Waals surface area contributed by atoms with E-state index in [-0.39, 0.29) is 11.8 Å². The van der Waals surface area contributed by atoms with Crippen molar-refractivity contribution in [2.45, 2.75) is 32.4 Å². The molecule has 1 saturated heterocycles. The van der Waals surface area contributed by atoms with Crippen LogP contribution in [0.3, 0.4) is 0 Å². The molecule has 0 radical (unpaired) electrons. The highest BCUT2D eigenvalue weighted by molar-refractivity contribution is 6.32. The number of amides is 2.